The summed E-state index contributed by atoms with van der Waals surface area (Å²) in [6.07, 6.45) is 2.81. The van der Waals surface area contributed by atoms with Gasteiger partial charge in [0.2, 0.25) is 0 Å². The molecule has 0 saturated carbocycles. The van der Waals surface area contributed by atoms with Crippen molar-refractivity contribution in [3.8, 4) is 0 Å². The van der Waals surface area contributed by atoms with E-state index in [2.05, 4.69) is 15.9 Å². The number of alkyl halides is 1. The van der Waals surface area contributed by atoms with Gasteiger partial charge in [0.25, 0.3) is 0 Å². The Hall–Kier alpha value is 0.110. The molecule has 0 spiro atoms. The number of halogens is 1. The lowest BCUT2D eigenvalue weighted by Gasteiger charge is -2.12. The summed E-state index contributed by atoms with van der Waals surface area (Å²) in [5, 5.41) is 0. The second kappa shape index (κ2) is 5.86. The van der Waals surface area contributed by atoms with E-state index in [1.54, 1.807) is 7.11 Å². The molecule has 0 aromatic carbocycles. The maximum absolute atomic E-state index is 10.2. The van der Waals surface area contributed by atoms with Gasteiger partial charge in [0.1, 0.15) is 6.29 Å². The molecular weight excluding hydrogens is 196 g/mol. The Balaban J connectivity index is 3.51. The standard InChI is InChI=1S/C7H13BrO2/c1-3-7(10-2)4-6(8)5-9/h5-7H,3-4H2,1-2H3. The third-order valence-electron chi connectivity index (χ3n) is 1.42. The molecule has 60 valence electrons. The van der Waals surface area contributed by atoms with Crippen molar-refractivity contribution >= 4 is 22.2 Å². The van der Waals surface area contributed by atoms with Crippen LogP contribution in [0, 0.1) is 0 Å². The topological polar surface area (TPSA) is 26.3 Å². The van der Waals surface area contributed by atoms with Gasteiger partial charge in [0.15, 0.2) is 0 Å². The van der Waals surface area contributed by atoms with Crippen LogP contribution in [-0.4, -0.2) is 24.3 Å². The molecule has 3 heteroatoms. The SMILES string of the molecule is CCC(CC(Br)C=O)OC. The molecule has 0 aliphatic rings. The van der Waals surface area contributed by atoms with Crippen LogP contribution in [0.2, 0.25) is 0 Å². The Bertz CT molecular complexity index is 91.6. The van der Waals surface area contributed by atoms with Crippen molar-refractivity contribution in [1.29, 1.82) is 0 Å². The monoisotopic (exact) mass is 208 g/mol. The minimum Gasteiger partial charge on any atom is -0.381 e. The van der Waals surface area contributed by atoms with Crippen molar-refractivity contribution in [3.63, 3.8) is 0 Å². The third kappa shape index (κ3) is 4.01. The van der Waals surface area contributed by atoms with Crippen LogP contribution in [0.3, 0.4) is 0 Å². The van der Waals surface area contributed by atoms with E-state index >= 15 is 0 Å². The first-order valence-electron chi connectivity index (χ1n) is 3.36. The first kappa shape index (κ1) is 10.1. The predicted octanol–water partition coefficient (Wildman–Crippen LogP) is 1.76. The molecule has 0 amide bonds. The van der Waals surface area contributed by atoms with Gasteiger partial charge >= 0.3 is 0 Å². The molecule has 0 rings (SSSR count). The molecule has 2 nitrogen and oxygen atoms in total. The highest BCUT2D eigenvalue weighted by Gasteiger charge is 2.10. The van der Waals surface area contributed by atoms with E-state index in [4.69, 9.17) is 4.74 Å². The van der Waals surface area contributed by atoms with E-state index < -0.39 is 0 Å². The van der Waals surface area contributed by atoms with Crippen LogP contribution in [0.25, 0.3) is 0 Å². The first-order chi connectivity index (χ1) is 4.74. The molecule has 0 heterocycles. The fraction of sp³-hybridized carbons (Fsp3) is 0.857. The summed E-state index contributed by atoms with van der Waals surface area (Å²) in [4.78, 5) is 10.1. The largest absolute Gasteiger partial charge is 0.381 e. The predicted molar refractivity (Wildman–Crippen MR) is 44.5 cm³/mol. The molecule has 0 aliphatic carbocycles. The van der Waals surface area contributed by atoms with E-state index in [-0.39, 0.29) is 10.9 Å². The van der Waals surface area contributed by atoms with Crippen LogP contribution in [0.5, 0.6) is 0 Å². The summed E-state index contributed by atoms with van der Waals surface area (Å²) in [5.41, 5.74) is 0. The van der Waals surface area contributed by atoms with Crippen molar-refractivity contribution in [2.45, 2.75) is 30.7 Å². The van der Waals surface area contributed by atoms with Crippen LogP contribution in [-0.2, 0) is 9.53 Å². The zero-order valence-corrected chi connectivity index (χ0v) is 7.93. The number of hydrogen-bond donors (Lipinski definition) is 0. The Kier molecular flexibility index (Phi) is 5.93. The fourth-order valence-electron chi connectivity index (χ4n) is 0.736. The molecule has 10 heavy (non-hydrogen) atoms. The number of methoxy groups -OCH3 is 1. The number of hydrogen-bond acceptors (Lipinski definition) is 2. The highest BCUT2D eigenvalue weighted by Crippen LogP contribution is 2.10. The second-order valence-corrected chi connectivity index (χ2v) is 3.33. The van der Waals surface area contributed by atoms with Crippen LogP contribution in [0.1, 0.15) is 19.8 Å². The van der Waals surface area contributed by atoms with Crippen molar-refractivity contribution in [3.05, 3.63) is 0 Å². The summed E-state index contributed by atoms with van der Waals surface area (Å²) in [6.45, 7) is 2.04. The summed E-state index contributed by atoms with van der Waals surface area (Å²) in [6, 6.07) is 0. The fourth-order valence-corrected chi connectivity index (χ4v) is 1.15. The summed E-state index contributed by atoms with van der Waals surface area (Å²) in [7, 11) is 1.67. The maximum atomic E-state index is 10.2. The van der Waals surface area contributed by atoms with Gasteiger partial charge in [-0.1, -0.05) is 22.9 Å². The highest BCUT2D eigenvalue weighted by atomic mass is 79.9. The minimum absolute atomic E-state index is 0.0580. The highest BCUT2D eigenvalue weighted by molar-refractivity contribution is 9.09. The molecule has 0 N–H and O–H groups in total. The van der Waals surface area contributed by atoms with Gasteiger partial charge in [0, 0.05) is 7.11 Å². The molecular formula is C7H13BrO2. The maximum Gasteiger partial charge on any atom is 0.133 e. The van der Waals surface area contributed by atoms with Crippen LogP contribution in [0.4, 0.5) is 0 Å². The van der Waals surface area contributed by atoms with Gasteiger partial charge in [-0.25, -0.2) is 0 Å². The number of aldehydes is 1. The second-order valence-electron chi connectivity index (χ2n) is 2.15. The Morgan fingerprint density at radius 3 is 2.60 bits per heavy atom. The van der Waals surface area contributed by atoms with Gasteiger partial charge in [-0.2, -0.15) is 0 Å². The van der Waals surface area contributed by atoms with Crippen LogP contribution in [0.15, 0.2) is 0 Å². The number of carbonyl (C=O) groups is 1. The zero-order chi connectivity index (χ0) is 7.98. The molecule has 2 unspecified atom stereocenters. The molecule has 0 fully saturated rings. The average Bonchev–Trinajstić information content (AvgIpc) is 1.99. The molecule has 0 aliphatic heterocycles. The normalized spacial score (nSPS) is 16.3. The van der Waals surface area contributed by atoms with Gasteiger partial charge in [-0.3, -0.25) is 0 Å². The molecule has 0 saturated heterocycles. The summed E-state index contributed by atoms with van der Waals surface area (Å²) < 4.78 is 5.08. The number of ether oxygens (including phenoxy) is 1. The Labute approximate surface area is 70.1 Å². The van der Waals surface area contributed by atoms with E-state index in [1.807, 2.05) is 6.92 Å². The first-order valence-corrected chi connectivity index (χ1v) is 4.28. The van der Waals surface area contributed by atoms with Gasteiger partial charge < -0.3 is 9.53 Å². The molecule has 0 aromatic heterocycles. The third-order valence-corrected chi connectivity index (χ3v) is 2.01. The molecule has 0 bridgehead atoms. The van der Waals surface area contributed by atoms with E-state index in [1.165, 1.54) is 0 Å². The quantitative estimate of drug-likeness (QED) is 0.509. The lowest BCUT2D eigenvalue weighted by atomic mass is 10.1. The molecule has 2 atom stereocenters. The number of carbonyl (C=O) groups excluding carboxylic acids is 1. The van der Waals surface area contributed by atoms with Gasteiger partial charge in [0.05, 0.1) is 10.9 Å². The minimum atomic E-state index is -0.0580. The average molecular weight is 209 g/mol. The van der Waals surface area contributed by atoms with Crippen molar-refractivity contribution < 1.29 is 9.53 Å². The van der Waals surface area contributed by atoms with Gasteiger partial charge in [-0.15, -0.1) is 0 Å². The number of rotatable bonds is 5. The lowest BCUT2D eigenvalue weighted by molar-refractivity contribution is -0.107. The Morgan fingerprint density at radius 1 is 1.70 bits per heavy atom. The van der Waals surface area contributed by atoms with Crippen molar-refractivity contribution in [2.24, 2.45) is 0 Å². The Morgan fingerprint density at radius 2 is 2.30 bits per heavy atom. The van der Waals surface area contributed by atoms with Crippen molar-refractivity contribution in [1.82, 2.24) is 0 Å². The lowest BCUT2D eigenvalue weighted by Crippen LogP contribution is -2.15. The summed E-state index contributed by atoms with van der Waals surface area (Å²) >= 11 is 3.21. The van der Waals surface area contributed by atoms with Crippen molar-refractivity contribution in [2.75, 3.05) is 7.11 Å². The van der Waals surface area contributed by atoms with Gasteiger partial charge in [-0.05, 0) is 12.8 Å². The van der Waals surface area contributed by atoms with E-state index in [0.29, 0.717) is 0 Å². The van der Waals surface area contributed by atoms with E-state index in [0.717, 1.165) is 19.1 Å². The van der Waals surface area contributed by atoms with Crippen LogP contribution >= 0.6 is 15.9 Å². The molecule has 0 radical (unpaired) electrons. The molecule has 0 aromatic rings. The smallest absolute Gasteiger partial charge is 0.133 e. The van der Waals surface area contributed by atoms with Crippen LogP contribution < -0.4 is 0 Å². The summed E-state index contributed by atoms with van der Waals surface area (Å²) in [5.74, 6) is 0. The van der Waals surface area contributed by atoms with E-state index in [9.17, 15) is 4.79 Å². The zero-order valence-electron chi connectivity index (χ0n) is 6.34.